The maximum Gasteiger partial charge on any atom is 0.176 e. The molecule has 2 aromatic heterocycles. The Kier molecular flexibility index (Phi) is 3.91. The summed E-state index contributed by atoms with van der Waals surface area (Å²) in [5.41, 5.74) is 5.77. The first kappa shape index (κ1) is 16.6. The summed E-state index contributed by atoms with van der Waals surface area (Å²) < 4.78 is 13.0. The van der Waals surface area contributed by atoms with Gasteiger partial charge >= 0.3 is 0 Å². The number of nitrogen functional groups attached to an aromatic ring is 1. The molecule has 4 atom stereocenters. The van der Waals surface area contributed by atoms with E-state index in [1.165, 1.54) is 7.11 Å². The van der Waals surface area contributed by atoms with Gasteiger partial charge in [-0.3, -0.25) is 4.57 Å². The Morgan fingerprint density at radius 3 is 2.84 bits per heavy atom. The molecule has 1 saturated carbocycles. The van der Waals surface area contributed by atoms with Crippen LogP contribution >= 0.6 is 0 Å². The molecule has 25 heavy (non-hydrogen) atoms. The van der Waals surface area contributed by atoms with Crippen LogP contribution in [0.2, 0.25) is 0 Å². The molecule has 0 amide bonds. The Balaban J connectivity index is 1.85. The van der Waals surface area contributed by atoms with E-state index in [0.717, 1.165) is 12.8 Å². The number of nitrogens with two attached hydrogens (primary N) is 1. The molecule has 136 valence electrons. The molecule has 0 bridgehead atoms. The normalized spacial score (nSPS) is 32.6. The van der Waals surface area contributed by atoms with Crippen molar-refractivity contribution >= 4 is 17.0 Å². The largest absolute Gasteiger partial charge is 0.387 e. The average molecular weight is 349 g/mol. The van der Waals surface area contributed by atoms with Crippen molar-refractivity contribution in [1.82, 2.24) is 19.5 Å². The highest BCUT2D eigenvalue weighted by atomic mass is 16.6. The molecule has 2 aliphatic rings. The number of aromatic nitrogens is 4. The zero-order valence-corrected chi connectivity index (χ0v) is 14.3. The predicted octanol–water partition coefficient (Wildman–Crippen LogP) is -0.0632. The van der Waals surface area contributed by atoms with Crippen LogP contribution in [0, 0.1) is 12.8 Å². The summed E-state index contributed by atoms with van der Waals surface area (Å²) in [5, 5.41) is 21.4. The fourth-order valence-electron chi connectivity index (χ4n) is 3.68. The second-order valence-electron chi connectivity index (χ2n) is 6.98. The third-order valence-corrected chi connectivity index (χ3v) is 5.07. The van der Waals surface area contributed by atoms with Crippen molar-refractivity contribution in [2.45, 2.75) is 50.2 Å². The lowest BCUT2D eigenvalue weighted by Gasteiger charge is -2.34. The van der Waals surface area contributed by atoms with Crippen LogP contribution in [0.1, 0.15) is 25.1 Å². The van der Waals surface area contributed by atoms with Gasteiger partial charge < -0.3 is 25.4 Å². The van der Waals surface area contributed by atoms with E-state index in [4.69, 9.17) is 15.2 Å². The summed E-state index contributed by atoms with van der Waals surface area (Å²) in [6, 6.07) is 0. The molecule has 1 saturated heterocycles. The van der Waals surface area contributed by atoms with Crippen LogP contribution in [-0.4, -0.2) is 61.8 Å². The molecule has 4 N–H and O–H groups in total. The lowest BCUT2D eigenvalue weighted by atomic mass is 9.96. The summed E-state index contributed by atoms with van der Waals surface area (Å²) >= 11 is 0. The van der Waals surface area contributed by atoms with E-state index in [0.29, 0.717) is 29.3 Å². The Hall–Kier alpha value is -1.81. The molecule has 1 aliphatic carbocycles. The topological polar surface area (TPSA) is 129 Å². The average Bonchev–Trinajstić information content (AvgIpc) is 3.22. The minimum absolute atomic E-state index is 0.188. The highest BCUT2D eigenvalue weighted by molar-refractivity contribution is 5.81. The molecule has 2 fully saturated rings. The fraction of sp³-hybridized carbons (Fsp3) is 0.688. The Bertz CT molecular complexity index is 792. The smallest absolute Gasteiger partial charge is 0.176 e. The van der Waals surface area contributed by atoms with Crippen molar-refractivity contribution in [3.63, 3.8) is 0 Å². The van der Waals surface area contributed by atoms with Crippen LogP contribution in [0.3, 0.4) is 0 Å². The number of hydrogen-bond donors (Lipinski definition) is 3. The van der Waals surface area contributed by atoms with E-state index in [2.05, 4.69) is 15.0 Å². The Labute approximate surface area is 144 Å². The van der Waals surface area contributed by atoms with Crippen LogP contribution in [0.5, 0.6) is 0 Å². The van der Waals surface area contributed by atoms with Gasteiger partial charge in [-0.25, -0.2) is 15.0 Å². The highest BCUT2D eigenvalue weighted by Crippen LogP contribution is 2.47. The first-order valence-electron chi connectivity index (χ1n) is 8.47. The number of ether oxygens (including phenoxy) is 2. The fourth-order valence-corrected chi connectivity index (χ4v) is 3.68. The molecule has 4 rings (SSSR count). The molecule has 0 aromatic carbocycles. The maximum absolute atomic E-state index is 10.9. The van der Waals surface area contributed by atoms with Crippen molar-refractivity contribution in [3.05, 3.63) is 12.2 Å². The minimum Gasteiger partial charge on any atom is -0.387 e. The zero-order valence-electron chi connectivity index (χ0n) is 14.3. The SMILES string of the molecule is COC[C@H]1O[C@@](CC2CC2)(n2cnc3c(N)nc(C)nc32)[C@H](O)[C@@H]1O. The second kappa shape index (κ2) is 5.87. The maximum atomic E-state index is 10.9. The van der Waals surface area contributed by atoms with Crippen molar-refractivity contribution in [2.24, 2.45) is 5.92 Å². The van der Waals surface area contributed by atoms with Crippen LogP contribution in [-0.2, 0) is 15.2 Å². The number of methoxy groups -OCH3 is 1. The van der Waals surface area contributed by atoms with Crippen molar-refractivity contribution in [3.8, 4) is 0 Å². The summed E-state index contributed by atoms with van der Waals surface area (Å²) in [7, 11) is 1.53. The second-order valence-corrected chi connectivity index (χ2v) is 6.98. The Morgan fingerprint density at radius 2 is 2.16 bits per heavy atom. The van der Waals surface area contributed by atoms with Gasteiger partial charge in [0.25, 0.3) is 0 Å². The summed E-state index contributed by atoms with van der Waals surface area (Å²) in [5.74, 6) is 1.22. The number of hydrogen-bond acceptors (Lipinski definition) is 8. The molecule has 0 unspecified atom stereocenters. The Morgan fingerprint density at radius 1 is 1.40 bits per heavy atom. The zero-order chi connectivity index (χ0) is 17.8. The molecule has 9 nitrogen and oxygen atoms in total. The number of anilines is 1. The third kappa shape index (κ3) is 2.58. The lowest BCUT2D eigenvalue weighted by Crippen LogP contribution is -2.46. The standard InChI is InChI=1S/C16H23N5O4/c1-8-19-14(17)11-15(20-8)21(7-18-11)16(5-9-3-4-9)13(23)12(22)10(25-16)6-24-2/h7,9-10,12-13,22-23H,3-6H2,1-2H3,(H2,17,19,20)/t10-,12-,13-,16-/m1/s1. The monoisotopic (exact) mass is 349 g/mol. The molecule has 0 spiro atoms. The summed E-state index contributed by atoms with van der Waals surface area (Å²) in [4.78, 5) is 12.9. The first-order valence-corrected chi connectivity index (χ1v) is 8.47. The van der Waals surface area contributed by atoms with Crippen LogP contribution in [0.15, 0.2) is 6.33 Å². The van der Waals surface area contributed by atoms with Gasteiger partial charge in [0.05, 0.1) is 12.9 Å². The van der Waals surface area contributed by atoms with Gasteiger partial charge in [-0.15, -0.1) is 0 Å². The molecule has 0 radical (unpaired) electrons. The number of nitrogens with zero attached hydrogens (tertiary/aromatic N) is 4. The molecule has 9 heteroatoms. The molecular weight excluding hydrogens is 326 g/mol. The van der Waals surface area contributed by atoms with Gasteiger partial charge in [-0.1, -0.05) is 12.8 Å². The van der Waals surface area contributed by atoms with Crippen LogP contribution in [0.4, 0.5) is 5.82 Å². The van der Waals surface area contributed by atoms with Gasteiger partial charge in [0, 0.05) is 13.5 Å². The highest BCUT2D eigenvalue weighted by Gasteiger charge is 2.57. The van der Waals surface area contributed by atoms with Gasteiger partial charge in [0.15, 0.2) is 17.2 Å². The van der Waals surface area contributed by atoms with Crippen molar-refractivity contribution < 1.29 is 19.7 Å². The van der Waals surface area contributed by atoms with Gasteiger partial charge in [-0.05, 0) is 12.8 Å². The quantitative estimate of drug-likeness (QED) is 0.684. The van der Waals surface area contributed by atoms with E-state index < -0.39 is 24.0 Å². The number of aliphatic hydroxyl groups excluding tert-OH is 2. The number of fused-ring (bicyclic) bond motifs is 1. The molecule has 2 aromatic rings. The van der Waals surface area contributed by atoms with Gasteiger partial charge in [0.2, 0.25) is 0 Å². The van der Waals surface area contributed by atoms with E-state index in [1.54, 1.807) is 17.8 Å². The number of rotatable bonds is 5. The number of aryl methyl sites for hydroxylation is 1. The van der Waals surface area contributed by atoms with Gasteiger partial charge in [-0.2, -0.15) is 0 Å². The summed E-state index contributed by atoms with van der Waals surface area (Å²) in [6.45, 7) is 1.93. The number of aliphatic hydroxyl groups is 2. The van der Waals surface area contributed by atoms with E-state index in [-0.39, 0.29) is 12.4 Å². The first-order chi connectivity index (χ1) is 12.0. The molecular formula is C16H23N5O4. The third-order valence-electron chi connectivity index (χ3n) is 5.07. The molecule has 1 aliphatic heterocycles. The predicted molar refractivity (Wildman–Crippen MR) is 88.6 cm³/mol. The van der Waals surface area contributed by atoms with E-state index in [1.807, 2.05) is 0 Å². The van der Waals surface area contributed by atoms with Crippen LogP contribution in [0.25, 0.3) is 11.2 Å². The van der Waals surface area contributed by atoms with Gasteiger partial charge in [0.1, 0.15) is 29.7 Å². The van der Waals surface area contributed by atoms with Crippen LogP contribution < -0.4 is 5.73 Å². The van der Waals surface area contributed by atoms with Crippen molar-refractivity contribution in [1.29, 1.82) is 0 Å². The molecule has 3 heterocycles. The lowest BCUT2D eigenvalue weighted by molar-refractivity contribution is -0.155. The van der Waals surface area contributed by atoms with E-state index >= 15 is 0 Å². The summed E-state index contributed by atoms with van der Waals surface area (Å²) in [6.07, 6.45) is 1.47. The van der Waals surface area contributed by atoms with E-state index in [9.17, 15) is 10.2 Å². The number of imidazole rings is 1. The minimum atomic E-state index is -1.15. The van der Waals surface area contributed by atoms with Crippen molar-refractivity contribution in [2.75, 3.05) is 19.5 Å².